The third kappa shape index (κ3) is 2.50. The number of fused-ring (bicyclic) bond motifs is 2. The summed E-state index contributed by atoms with van der Waals surface area (Å²) in [6.07, 6.45) is 4.76. The van der Waals surface area contributed by atoms with Crippen molar-refractivity contribution in [1.82, 2.24) is 15.4 Å². The summed E-state index contributed by atoms with van der Waals surface area (Å²) in [4.78, 5) is 24.6. The second-order valence-electron chi connectivity index (χ2n) is 7.67. The third-order valence-electron chi connectivity index (χ3n) is 5.01. The molecule has 0 aliphatic heterocycles. The number of carbonyl (C=O) groups excluding carboxylic acids is 2. The van der Waals surface area contributed by atoms with Crippen LogP contribution in [0.5, 0.6) is 0 Å². The highest BCUT2D eigenvalue weighted by atomic mass is 16.5. The van der Waals surface area contributed by atoms with Crippen LogP contribution in [-0.2, 0) is 25.7 Å². The number of H-pyrrole nitrogens is 1. The SMILES string of the molecule is CC1(C)CC(=O)c2c(CCc3n[nH]c4c3C(=O)CCC4)noc2C1. The first-order valence-corrected chi connectivity index (χ1v) is 8.54. The van der Waals surface area contributed by atoms with Gasteiger partial charge in [0.05, 0.1) is 22.5 Å². The van der Waals surface area contributed by atoms with Gasteiger partial charge in [0.2, 0.25) is 0 Å². The first-order chi connectivity index (χ1) is 11.4. The molecule has 2 aromatic heterocycles. The molecule has 126 valence electrons. The zero-order valence-electron chi connectivity index (χ0n) is 14.1. The van der Waals surface area contributed by atoms with E-state index in [1.165, 1.54) is 0 Å². The fourth-order valence-electron chi connectivity index (χ4n) is 3.89. The summed E-state index contributed by atoms with van der Waals surface area (Å²) >= 11 is 0. The summed E-state index contributed by atoms with van der Waals surface area (Å²) in [6.45, 7) is 4.13. The highest BCUT2D eigenvalue weighted by molar-refractivity contribution is 6.00. The summed E-state index contributed by atoms with van der Waals surface area (Å²) < 4.78 is 5.43. The largest absolute Gasteiger partial charge is 0.360 e. The van der Waals surface area contributed by atoms with Crippen LogP contribution in [0.15, 0.2) is 4.52 Å². The molecule has 0 saturated carbocycles. The number of rotatable bonds is 3. The molecule has 2 aliphatic rings. The van der Waals surface area contributed by atoms with Crippen LogP contribution in [0.2, 0.25) is 0 Å². The second-order valence-corrected chi connectivity index (χ2v) is 7.67. The molecular formula is C18H21N3O3. The number of hydrogen-bond donors (Lipinski definition) is 1. The number of aromatic amines is 1. The molecule has 2 aromatic rings. The minimum atomic E-state index is -0.0748. The summed E-state index contributed by atoms with van der Waals surface area (Å²) in [6, 6.07) is 0. The van der Waals surface area contributed by atoms with Crippen LogP contribution >= 0.6 is 0 Å². The predicted octanol–water partition coefficient (Wildman–Crippen LogP) is 2.86. The van der Waals surface area contributed by atoms with Crippen LogP contribution in [0.1, 0.15) is 76.7 Å². The Morgan fingerprint density at radius 3 is 2.67 bits per heavy atom. The first-order valence-electron chi connectivity index (χ1n) is 8.54. The lowest BCUT2D eigenvalue weighted by atomic mass is 9.76. The van der Waals surface area contributed by atoms with Gasteiger partial charge in [0.25, 0.3) is 0 Å². The molecule has 0 spiro atoms. The molecule has 2 aliphatic carbocycles. The molecule has 0 unspecified atom stereocenters. The number of aromatic nitrogens is 3. The lowest BCUT2D eigenvalue weighted by molar-refractivity contribution is 0.0900. The fourth-order valence-corrected chi connectivity index (χ4v) is 3.89. The van der Waals surface area contributed by atoms with Crippen molar-refractivity contribution in [3.63, 3.8) is 0 Å². The number of nitrogens with one attached hydrogen (secondary N) is 1. The zero-order valence-corrected chi connectivity index (χ0v) is 14.1. The van der Waals surface area contributed by atoms with Gasteiger partial charge >= 0.3 is 0 Å². The van der Waals surface area contributed by atoms with Crippen LogP contribution in [-0.4, -0.2) is 26.9 Å². The number of carbonyl (C=O) groups is 2. The lowest BCUT2D eigenvalue weighted by Crippen LogP contribution is -2.26. The maximum absolute atomic E-state index is 12.5. The van der Waals surface area contributed by atoms with E-state index in [0.29, 0.717) is 42.7 Å². The van der Waals surface area contributed by atoms with E-state index in [4.69, 9.17) is 4.52 Å². The molecule has 0 atom stereocenters. The van der Waals surface area contributed by atoms with Gasteiger partial charge in [0.1, 0.15) is 5.76 Å². The van der Waals surface area contributed by atoms with Gasteiger partial charge in [0, 0.05) is 25.0 Å². The Morgan fingerprint density at radius 1 is 1.04 bits per heavy atom. The Morgan fingerprint density at radius 2 is 1.83 bits per heavy atom. The maximum Gasteiger partial charge on any atom is 0.168 e. The van der Waals surface area contributed by atoms with Crippen molar-refractivity contribution in [3.8, 4) is 0 Å². The Balaban J connectivity index is 1.57. The zero-order chi connectivity index (χ0) is 16.9. The van der Waals surface area contributed by atoms with Crippen molar-refractivity contribution in [2.24, 2.45) is 5.41 Å². The van der Waals surface area contributed by atoms with Crippen molar-refractivity contribution in [1.29, 1.82) is 0 Å². The van der Waals surface area contributed by atoms with Crippen LogP contribution in [0, 0.1) is 5.41 Å². The highest BCUT2D eigenvalue weighted by Crippen LogP contribution is 2.36. The average Bonchev–Trinajstić information content (AvgIpc) is 3.08. The molecule has 0 bridgehead atoms. The van der Waals surface area contributed by atoms with Crippen LogP contribution in [0.4, 0.5) is 0 Å². The van der Waals surface area contributed by atoms with E-state index < -0.39 is 0 Å². The molecule has 4 rings (SSSR count). The number of Topliss-reactive ketones (excluding diaryl/α,β-unsaturated/α-hetero) is 2. The molecule has 24 heavy (non-hydrogen) atoms. The van der Waals surface area contributed by atoms with Crippen molar-refractivity contribution < 1.29 is 14.1 Å². The molecule has 0 saturated heterocycles. The molecule has 0 radical (unpaired) electrons. The second kappa shape index (κ2) is 5.40. The molecule has 0 fully saturated rings. The van der Waals surface area contributed by atoms with Crippen molar-refractivity contribution in [2.75, 3.05) is 0 Å². The van der Waals surface area contributed by atoms with Gasteiger partial charge in [-0.05, 0) is 31.1 Å². The lowest BCUT2D eigenvalue weighted by Gasteiger charge is -2.26. The van der Waals surface area contributed by atoms with Gasteiger partial charge in [-0.3, -0.25) is 14.7 Å². The highest BCUT2D eigenvalue weighted by Gasteiger charge is 2.36. The van der Waals surface area contributed by atoms with Gasteiger partial charge in [-0.2, -0.15) is 5.10 Å². The predicted molar refractivity (Wildman–Crippen MR) is 86.2 cm³/mol. The van der Waals surface area contributed by atoms with Crippen LogP contribution < -0.4 is 0 Å². The average molecular weight is 327 g/mol. The number of aryl methyl sites for hydroxylation is 3. The van der Waals surface area contributed by atoms with E-state index in [2.05, 4.69) is 29.2 Å². The van der Waals surface area contributed by atoms with Crippen molar-refractivity contribution in [3.05, 3.63) is 34.0 Å². The van der Waals surface area contributed by atoms with E-state index in [1.807, 2.05) is 0 Å². The van der Waals surface area contributed by atoms with Crippen molar-refractivity contribution in [2.45, 2.75) is 58.8 Å². The molecular weight excluding hydrogens is 306 g/mol. The number of hydrogen-bond acceptors (Lipinski definition) is 5. The molecule has 6 heteroatoms. The quantitative estimate of drug-likeness (QED) is 0.936. The van der Waals surface area contributed by atoms with E-state index in [1.54, 1.807) is 0 Å². The third-order valence-corrected chi connectivity index (χ3v) is 5.01. The standard InChI is InChI=1S/C18H21N3O3/c1-18(2)8-14(23)17-12(21-24-15(17)9-18)7-6-11-16-10(19-20-11)4-3-5-13(16)22/h3-9H2,1-2H3,(H,19,20). The van der Waals surface area contributed by atoms with Gasteiger partial charge in [-0.1, -0.05) is 19.0 Å². The van der Waals surface area contributed by atoms with Crippen LogP contribution in [0.3, 0.4) is 0 Å². The van der Waals surface area contributed by atoms with Gasteiger partial charge in [0.15, 0.2) is 11.6 Å². The Kier molecular flexibility index (Phi) is 3.44. The molecule has 0 aromatic carbocycles. The first kappa shape index (κ1) is 15.3. The minimum Gasteiger partial charge on any atom is -0.360 e. The van der Waals surface area contributed by atoms with E-state index in [0.717, 1.165) is 36.2 Å². The van der Waals surface area contributed by atoms with E-state index in [9.17, 15) is 9.59 Å². The number of nitrogens with zero attached hydrogens (tertiary/aromatic N) is 2. The van der Waals surface area contributed by atoms with Gasteiger partial charge < -0.3 is 4.52 Å². The summed E-state index contributed by atoms with van der Waals surface area (Å²) in [5, 5.41) is 11.4. The minimum absolute atomic E-state index is 0.0748. The molecule has 1 N–H and O–H groups in total. The maximum atomic E-state index is 12.5. The van der Waals surface area contributed by atoms with Crippen molar-refractivity contribution >= 4 is 11.6 Å². The monoisotopic (exact) mass is 327 g/mol. The Hall–Kier alpha value is -2.24. The summed E-state index contributed by atoms with van der Waals surface area (Å²) in [7, 11) is 0. The smallest absolute Gasteiger partial charge is 0.168 e. The van der Waals surface area contributed by atoms with E-state index in [-0.39, 0.29) is 17.0 Å². The van der Waals surface area contributed by atoms with Gasteiger partial charge in [-0.25, -0.2) is 0 Å². The van der Waals surface area contributed by atoms with E-state index >= 15 is 0 Å². The molecule has 6 nitrogen and oxygen atoms in total. The summed E-state index contributed by atoms with van der Waals surface area (Å²) in [5.74, 6) is 0.976. The Labute approximate surface area is 140 Å². The normalized spacial score (nSPS) is 19.2. The summed E-state index contributed by atoms with van der Waals surface area (Å²) in [5.41, 5.74) is 3.77. The molecule has 0 amide bonds. The Bertz CT molecular complexity index is 829. The van der Waals surface area contributed by atoms with Crippen LogP contribution in [0.25, 0.3) is 0 Å². The van der Waals surface area contributed by atoms with Gasteiger partial charge in [-0.15, -0.1) is 0 Å². The number of ketones is 2. The topological polar surface area (TPSA) is 88.9 Å². The fraction of sp³-hybridized carbons (Fsp3) is 0.556. The molecule has 2 heterocycles.